The first-order chi connectivity index (χ1) is 7.50. The Morgan fingerprint density at radius 1 is 1.50 bits per heavy atom. The molecule has 0 bridgehead atoms. The second-order valence-corrected chi connectivity index (χ2v) is 3.75. The smallest absolute Gasteiger partial charge is 0.332 e. The zero-order chi connectivity index (χ0) is 12.1. The number of amides is 1. The summed E-state index contributed by atoms with van der Waals surface area (Å²) in [6, 6.07) is 4.72. The number of hydrogen-bond donors (Lipinski definition) is 3. The fourth-order valence-corrected chi connectivity index (χ4v) is 1.35. The minimum Gasteiger partial charge on any atom is -0.479 e. The van der Waals surface area contributed by atoms with Gasteiger partial charge in [0.25, 0.3) is 5.91 Å². The molecule has 0 heterocycles. The van der Waals surface area contributed by atoms with Crippen molar-refractivity contribution in [1.29, 1.82) is 0 Å². The number of hydrogen-bond acceptors (Lipinski definition) is 4. The lowest BCUT2D eigenvalue weighted by molar-refractivity contribution is -0.141. The van der Waals surface area contributed by atoms with Crippen LogP contribution in [-0.2, 0) is 9.63 Å². The fraction of sp³-hybridized carbons (Fsp3) is 0.111. The molecule has 1 aromatic carbocycles. The molecule has 0 saturated heterocycles. The van der Waals surface area contributed by atoms with Gasteiger partial charge in [-0.3, -0.25) is 15.1 Å². The number of nitrogens with two attached hydrogens (primary N) is 1. The molecule has 0 atom stereocenters. The number of aliphatic carboxylic acids is 1. The van der Waals surface area contributed by atoms with E-state index < -0.39 is 18.5 Å². The number of carboxylic acids is 1. The van der Waals surface area contributed by atoms with Crippen LogP contribution in [0.2, 0.25) is 0 Å². The van der Waals surface area contributed by atoms with E-state index in [9.17, 15) is 9.59 Å². The van der Waals surface area contributed by atoms with Crippen LogP contribution in [-0.4, -0.2) is 23.6 Å². The Bertz CT molecular complexity index is 422. The molecule has 1 amide bonds. The van der Waals surface area contributed by atoms with Crippen LogP contribution in [0.4, 0.5) is 5.69 Å². The average molecular weight is 289 g/mol. The van der Waals surface area contributed by atoms with Crippen LogP contribution < -0.4 is 11.2 Å². The van der Waals surface area contributed by atoms with Gasteiger partial charge in [-0.15, -0.1) is 0 Å². The van der Waals surface area contributed by atoms with E-state index in [2.05, 4.69) is 26.2 Å². The predicted octanol–water partition coefficient (Wildman–Crippen LogP) is 0.976. The fourth-order valence-electron chi connectivity index (χ4n) is 0.985. The van der Waals surface area contributed by atoms with Crippen molar-refractivity contribution in [3.8, 4) is 0 Å². The van der Waals surface area contributed by atoms with E-state index in [1.807, 2.05) is 0 Å². The molecule has 16 heavy (non-hydrogen) atoms. The predicted molar refractivity (Wildman–Crippen MR) is 59.9 cm³/mol. The molecule has 0 fully saturated rings. The Morgan fingerprint density at radius 2 is 2.19 bits per heavy atom. The van der Waals surface area contributed by atoms with Gasteiger partial charge in [0.2, 0.25) is 0 Å². The molecule has 0 saturated carbocycles. The summed E-state index contributed by atoms with van der Waals surface area (Å²) in [5.74, 6) is -1.76. The molecule has 4 N–H and O–H groups in total. The number of carbonyl (C=O) groups excluding carboxylic acids is 1. The average Bonchev–Trinajstić information content (AvgIpc) is 2.19. The highest BCUT2D eigenvalue weighted by atomic mass is 79.9. The Morgan fingerprint density at radius 3 is 2.75 bits per heavy atom. The van der Waals surface area contributed by atoms with E-state index in [1.54, 1.807) is 12.1 Å². The monoisotopic (exact) mass is 288 g/mol. The highest BCUT2D eigenvalue weighted by Gasteiger charge is 2.09. The van der Waals surface area contributed by atoms with Gasteiger partial charge in [0.05, 0.1) is 11.3 Å². The SMILES string of the molecule is NC(=O)c1cc(Br)ccc1NOCC(=O)O. The van der Waals surface area contributed by atoms with Gasteiger partial charge in [-0.1, -0.05) is 15.9 Å². The standard InChI is InChI=1S/C9H9BrN2O4/c10-5-1-2-7(6(3-5)9(11)15)12-16-4-8(13)14/h1-3,12H,4H2,(H2,11,15)(H,13,14). The first kappa shape index (κ1) is 12.5. The Kier molecular flexibility index (Phi) is 4.27. The Balaban J connectivity index is 2.78. The minimum absolute atomic E-state index is 0.208. The summed E-state index contributed by atoms with van der Waals surface area (Å²) >= 11 is 3.19. The summed E-state index contributed by atoms with van der Waals surface area (Å²) in [6.45, 7) is -0.520. The van der Waals surface area contributed by atoms with E-state index in [4.69, 9.17) is 10.8 Å². The number of carboxylic acid groups (broad SMARTS) is 1. The van der Waals surface area contributed by atoms with Gasteiger partial charge >= 0.3 is 5.97 Å². The van der Waals surface area contributed by atoms with Crippen molar-refractivity contribution in [2.24, 2.45) is 5.73 Å². The molecular formula is C9H9BrN2O4. The van der Waals surface area contributed by atoms with Gasteiger partial charge in [0.1, 0.15) is 0 Å². The molecule has 6 nitrogen and oxygen atoms in total. The molecular weight excluding hydrogens is 280 g/mol. The van der Waals surface area contributed by atoms with Crippen LogP contribution in [0.25, 0.3) is 0 Å². The highest BCUT2D eigenvalue weighted by Crippen LogP contribution is 2.20. The number of carbonyl (C=O) groups is 2. The number of rotatable bonds is 5. The number of anilines is 1. The summed E-state index contributed by atoms with van der Waals surface area (Å²) in [6.07, 6.45) is 0. The largest absolute Gasteiger partial charge is 0.479 e. The van der Waals surface area contributed by atoms with Crippen LogP contribution in [0, 0.1) is 0 Å². The first-order valence-corrected chi connectivity index (χ1v) is 4.99. The molecule has 0 unspecified atom stereocenters. The third-order valence-electron chi connectivity index (χ3n) is 1.62. The van der Waals surface area contributed by atoms with Gasteiger partial charge < -0.3 is 10.8 Å². The van der Waals surface area contributed by atoms with Crippen LogP contribution in [0.1, 0.15) is 10.4 Å². The Hall–Kier alpha value is -1.60. The molecule has 86 valence electrons. The highest BCUT2D eigenvalue weighted by molar-refractivity contribution is 9.10. The van der Waals surface area contributed by atoms with Crippen LogP contribution in [0.5, 0.6) is 0 Å². The zero-order valence-electron chi connectivity index (χ0n) is 8.07. The second kappa shape index (κ2) is 5.47. The lowest BCUT2D eigenvalue weighted by atomic mass is 10.2. The number of halogens is 1. The van der Waals surface area contributed by atoms with E-state index in [1.165, 1.54) is 6.07 Å². The number of primary amides is 1. The van der Waals surface area contributed by atoms with E-state index in [0.29, 0.717) is 10.2 Å². The maximum atomic E-state index is 11.1. The van der Waals surface area contributed by atoms with Gasteiger partial charge in [-0.05, 0) is 18.2 Å². The van der Waals surface area contributed by atoms with Crippen molar-refractivity contribution < 1.29 is 19.5 Å². The molecule has 0 aromatic heterocycles. The van der Waals surface area contributed by atoms with E-state index in [-0.39, 0.29) is 5.56 Å². The summed E-state index contributed by atoms with van der Waals surface area (Å²) in [4.78, 5) is 25.9. The molecule has 1 aromatic rings. The van der Waals surface area contributed by atoms with Crippen molar-refractivity contribution in [2.45, 2.75) is 0 Å². The van der Waals surface area contributed by atoms with Crippen molar-refractivity contribution in [1.82, 2.24) is 0 Å². The van der Waals surface area contributed by atoms with Crippen molar-refractivity contribution in [3.63, 3.8) is 0 Å². The first-order valence-electron chi connectivity index (χ1n) is 4.19. The summed E-state index contributed by atoms with van der Waals surface area (Å²) < 4.78 is 0.685. The van der Waals surface area contributed by atoms with E-state index in [0.717, 1.165) is 0 Å². The van der Waals surface area contributed by atoms with Crippen molar-refractivity contribution in [2.75, 3.05) is 12.1 Å². The van der Waals surface area contributed by atoms with E-state index >= 15 is 0 Å². The molecule has 0 aliphatic rings. The summed E-state index contributed by atoms with van der Waals surface area (Å²) in [5, 5.41) is 8.35. The van der Waals surface area contributed by atoms with Crippen molar-refractivity contribution in [3.05, 3.63) is 28.2 Å². The second-order valence-electron chi connectivity index (χ2n) is 2.84. The molecule has 7 heteroatoms. The molecule has 0 radical (unpaired) electrons. The third-order valence-corrected chi connectivity index (χ3v) is 2.12. The van der Waals surface area contributed by atoms with Crippen LogP contribution in [0.15, 0.2) is 22.7 Å². The molecule has 0 aliphatic heterocycles. The maximum Gasteiger partial charge on any atom is 0.332 e. The molecule has 0 aliphatic carbocycles. The van der Waals surface area contributed by atoms with Gasteiger partial charge in [0, 0.05) is 4.47 Å². The number of benzene rings is 1. The topological polar surface area (TPSA) is 102 Å². The maximum absolute atomic E-state index is 11.1. The normalized spacial score (nSPS) is 9.81. The van der Waals surface area contributed by atoms with Crippen LogP contribution >= 0.6 is 15.9 Å². The minimum atomic E-state index is -1.12. The summed E-state index contributed by atoms with van der Waals surface area (Å²) in [7, 11) is 0. The lowest BCUT2D eigenvalue weighted by Gasteiger charge is -2.09. The Labute approximate surface area is 99.5 Å². The van der Waals surface area contributed by atoms with Crippen molar-refractivity contribution >= 4 is 33.5 Å². The van der Waals surface area contributed by atoms with Crippen LogP contribution in [0.3, 0.4) is 0 Å². The zero-order valence-corrected chi connectivity index (χ0v) is 9.65. The molecule has 0 spiro atoms. The van der Waals surface area contributed by atoms with Gasteiger partial charge in [-0.25, -0.2) is 4.79 Å². The summed E-state index contributed by atoms with van der Waals surface area (Å²) in [5.41, 5.74) is 8.02. The third kappa shape index (κ3) is 3.52. The van der Waals surface area contributed by atoms with Gasteiger partial charge in [-0.2, -0.15) is 0 Å². The van der Waals surface area contributed by atoms with Gasteiger partial charge in [0.15, 0.2) is 6.61 Å². The molecule has 1 rings (SSSR count). The lowest BCUT2D eigenvalue weighted by Crippen LogP contribution is -2.16. The number of nitrogens with one attached hydrogen (secondary N) is 1. The quantitative estimate of drug-likeness (QED) is 0.701.